The van der Waals surface area contributed by atoms with E-state index in [0.29, 0.717) is 11.6 Å². The number of nitrogen functional groups attached to an aromatic ring is 1. The Bertz CT molecular complexity index is 388. The van der Waals surface area contributed by atoms with Gasteiger partial charge >= 0.3 is 0 Å². The van der Waals surface area contributed by atoms with Gasteiger partial charge in [0, 0.05) is 0 Å². The molecule has 0 saturated heterocycles. The van der Waals surface area contributed by atoms with Crippen LogP contribution >= 0.6 is 0 Å². The van der Waals surface area contributed by atoms with Crippen LogP contribution in [0.15, 0.2) is 12.1 Å². The minimum atomic E-state index is -0.576. The normalized spacial score (nSPS) is 15.7. The lowest BCUT2D eigenvalue weighted by Gasteiger charge is -2.26. The third-order valence-corrected chi connectivity index (χ3v) is 2.47. The molecule has 1 aromatic rings. The SMILES string of the molecule is NC(=O)c1ccc(N)c(OC2CCC2)n1. The second-order valence-electron chi connectivity index (χ2n) is 3.63. The first-order valence-electron chi connectivity index (χ1n) is 4.90. The van der Waals surface area contributed by atoms with Crippen LogP contribution in [-0.2, 0) is 0 Å². The molecule has 1 amide bonds. The zero-order chi connectivity index (χ0) is 10.8. The number of anilines is 1. The lowest BCUT2D eigenvalue weighted by atomic mass is 9.96. The third-order valence-electron chi connectivity index (χ3n) is 2.47. The van der Waals surface area contributed by atoms with Crippen molar-refractivity contribution < 1.29 is 9.53 Å². The van der Waals surface area contributed by atoms with Crippen LogP contribution < -0.4 is 16.2 Å². The van der Waals surface area contributed by atoms with Gasteiger partial charge in [-0.25, -0.2) is 4.98 Å². The molecule has 0 unspecified atom stereocenters. The highest BCUT2D eigenvalue weighted by Crippen LogP contribution is 2.27. The van der Waals surface area contributed by atoms with Crippen LogP contribution in [0.25, 0.3) is 0 Å². The van der Waals surface area contributed by atoms with Crippen molar-refractivity contribution in [2.45, 2.75) is 25.4 Å². The molecule has 0 bridgehead atoms. The van der Waals surface area contributed by atoms with Crippen molar-refractivity contribution >= 4 is 11.6 Å². The lowest BCUT2D eigenvalue weighted by molar-refractivity contribution is 0.0984. The van der Waals surface area contributed by atoms with E-state index >= 15 is 0 Å². The number of carbonyl (C=O) groups excluding carboxylic acids is 1. The fraction of sp³-hybridized carbons (Fsp3) is 0.400. The summed E-state index contributed by atoms with van der Waals surface area (Å²) in [4.78, 5) is 14.9. The number of rotatable bonds is 3. The number of amides is 1. The zero-order valence-corrected chi connectivity index (χ0v) is 8.27. The summed E-state index contributed by atoms with van der Waals surface area (Å²) in [5.74, 6) is -0.260. The standard InChI is InChI=1S/C10H13N3O2/c11-7-4-5-8(9(12)14)13-10(7)15-6-2-1-3-6/h4-6H,1-3,11H2,(H2,12,14). The first-order chi connectivity index (χ1) is 7.16. The van der Waals surface area contributed by atoms with Crippen molar-refractivity contribution in [2.24, 2.45) is 5.73 Å². The van der Waals surface area contributed by atoms with Gasteiger partial charge < -0.3 is 16.2 Å². The maximum Gasteiger partial charge on any atom is 0.267 e. The Balaban J connectivity index is 2.19. The van der Waals surface area contributed by atoms with Crippen LogP contribution in [0, 0.1) is 0 Å². The molecule has 80 valence electrons. The van der Waals surface area contributed by atoms with E-state index in [1.807, 2.05) is 0 Å². The van der Waals surface area contributed by atoms with Crippen LogP contribution in [0.3, 0.4) is 0 Å². The maximum atomic E-state index is 10.9. The van der Waals surface area contributed by atoms with Crippen molar-refractivity contribution in [3.05, 3.63) is 17.8 Å². The fourth-order valence-corrected chi connectivity index (χ4v) is 1.33. The molecule has 0 radical (unpaired) electrons. The number of hydrogen-bond donors (Lipinski definition) is 2. The van der Waals surface area contributed by atoms with Gasteiger partial charge in [0.2, 0.25) is 5.88 Å². The van der Waals surface area contributed by atoms with Gasteiger partial charge in [-0.15, -0.1) is 0 Å². The topological polar surface area (TPSA) is 91.2 Å². The molecule has 1 fully saturated rings. The van der Waals surface area contributed by atoms with Crippen molar-refractivity contribution in [2.75, 3.05) is 5.73 Å². The predicted octanol–water partition coefficient (Wildman–Crippen LogP) is 0.694. The Morgan fingerprint density at radius 1 is 1.47 bits per heavy atom. The van der Waals surface area contributed by atoms with E-state index in [1.54, 1.807) is 6.07 Å². The summed E-state index contributed by atoms with van der Waals surface area (Å²) in [6, 6.07) is 3.08. The van der Waals surface area contributed by atoms with Gasteiger partial charge in [-0.05, 0) is 31.4 Å². The fourth-order valence-electron chi connectivity index (χ4n) is 1.33. The average Bonchev–Trinajstić information content (AvgIpc) is 2.13. The highest BCUT2D eigenvalue weighted by Gasteiger charge is 2.21. The van der Waals surface area contributed by atoms with Crippen molar-refractivity contribution in [1.29, 1.82) is 0 Å². The van der Waals surface area contributed by atoms with Gasteiger partial charge in [-0.1, -0.05) is 0 Å². The number of nitrogens with two attached hydrogens (primary N) is 2. The Hall–Kier alpha value is -1.78. The van der Waals surface area contributed by atoms with E-state index in [9.17, 15) is 4.79 Å². The number of carbonyl (C=O) groups is 1. The summed E-state index contributed by atoms with van der Waals surface area (Å²) in [6.07, 6.45) is 3.38. The summed E-state index contributed by atoms with van der Waals surface area (Å²) >= 11 is 0. The summed E-state index contributed by atoms with van der Waals surface area (Å²) in [5.41, 5.74) is 11.4. The molecule has 0 atom stereocenters. The molecule has 0 aromatic carbocycles. The number of nitrogens with zero attached hydrogens (tertiary/aromatic N) is 1. The predicted molar refractivity (Wildman–Crippen MR) is 55.4 cm³/mol. The molecule has 1 saturated carbocycles. The molecule has 4 N–H and O–H groups in total. The van der Waals surface area contributed by atoms with Gasteiger partial charge in [-0.3, -0.25) is 4.79 Å². The number of primary amides is 1. The molecule has 1 aromatic heterocycles. The second-order valence-corrected chi connectivity index (χ2v) is 3.63. The monoisotopic (exact) mass is 207 g/mol. The zero-order valence-electron chi connectivity index (χ0n) is 8.27. The molecule has 0 spiro atoms. The minimum Gasteiger partial charge on any atom is -0.473 e. The van der Waals surface area contributed by atoms with E-state index < -0.39 is 5.91 Å². The Labute approximate surface area is 87.4 Å². The minimum absolute atomic E-state index is 0.179. The van der Waals surface area contributed by atoms with E-state index in [4.69, 9.17) is 16.2 Å². The van der Waals surface area contributed by atoms with E-state index in [2.05, 4.69) is 4.98 Å². The molecule has 15 heavy (non-hydrogen) atoms. The van der Waals surface area contributed by atoms with E-state index in [1.165, 1.54) is 12.5 Å². The molecule has 1 aliphatic carbocycles. The Morgan fingerprint density at radius 3 is 2.73 bits per heavy atom. The molecule has 5 nitrogen and oxygen atoms in total. The molecular weight excluding hydrogens is 194 g/mol. The van der Waals surface area contributed by atoms with E-state index in [-0.39, 0.29) is 11.8 Å². The summed E-state index contributed by atoms with van der Waals surface area (Å²) < 4.78 is 5.53. The molecule has 5 heteroatoms. The van der Waals surface area contributed by atoms with Crippen molar-refractivity contribution in [3.63, 3.8) is 0 Å². The first-order valence-corrected chi connectivity index (χ1v) is 4.90. The largest absolute Gasteiger partial charge is 0.473 e. The van der Waals surface area contributed by atoms with Gasteiger partial charge in [0.25, 0.3) is 5.91 Å². The van der Waals surface area contributed by atoms with Gasteiger partial charge in [0.05, 0.1) is 5.69 Å². The number of aromatic nitrogens is 1. The summed E-state index contributed by atoms with van der Waals surface area (Å²) in [5, 5.41) is 0. The molecule has 0 aliphatic heterocycles. The van der Waals surface area contributed by atoms with Gasteiger partial charge in [0.15, 0.2) is 0 Å². The van der Waals surface area contributed by atoms with Crippen molar-refractivity contribution in [1.82, 2.24) is 4.98 Å². The van der Waals surface area contributed by atoms with Crippen LogP contribution in [0.1, 0.15) is 29.8 Å². The third kappa shape index (κ3) is 2.01. The van der Waals surface area contributed by atoms with Crippen LogP contribution in [-0.4, -0.2) is 17.0 Å². The highest BCUT2D eigenvalue weighted by molar-refractivity contribution is 5.91. The van der Waals surface area contributed by atoms with Crippen LogP contribution in [0.4, 0.5) is 5.69 Å². The average molecular weight is 207 g/mol. The number of hydrogen-bond acceptors (Lipinski definition) is 4. The molecular formula is C10H13N3O2. The highest BCUT2D eigenvalue weighted by atomic mass is 16.5. The smallest absolute Gasteiger partial charge is 0.267 e. The molecule has 1 heterocycles. The molecule has 1 aliphatic rings. The second kappa shape index (κ2) is 3.76. The quantitative estimate of drug-likeness (QED) is 0.763. The molecule has 2 rings (SSSR count). The number of pyridine rings is 1. The van der Waals surface area contributed by atoms with Crippen LogP contribution in [0.2, 0.25) is 0 Å². The number of ether oxygens (including phenoxy) is 1. The lowest BCUT2D eigenvalue weighted by Crippen LogP contribution is -2.26. The maximum absolute atomic E-state index is 10.9. The van der Waals surface area contributed by atoms with Gasteiger partial charge in [0.1, 0.15) is 11.8 Å². The van der Waals surface area contributed by atoms with Crippen LogP contribution in [0.5, 0.6) is 5.88 Å². The first kappa shape index (κ1) is 9.76. The Kier molecular flexibility index (Phi) is 2.45. The van der Waals surface area contributed by atoms with Gasteiger partial charge in [-0.2, -0.15) is 0 Å². The van der Waals surface area contributed by atoms with E-state index in [0.717, 1.165) is 12.8 Å². The van der Waals surface area contributed by atoms with Crippen molar-refractivity contribution in [3.8, 4) is 5.88 Å². The summed E-state index contributed by atoms with van der Waals surface area (Å²) in [7, 11) is 0. The Morgan fingerprint density at radius 2 is 2.20 bits per heavy atom. The summed E-state index contributed by atoms with van der Waals surface area (Å²) in [6.45, 7) is 0.